The molecule has 0 bridgehead atoms. The van der Waals surface area contributed by atoms with Crippen molar-refractivity contribution in [2.75, 3.05) is 5.32 Å². The van der Waals surface area contributed by atoms with Crippen LogP contribution in [0.2, 0.25) is 5.02 Å². The fraction of sp³-hybridized carbons (Fsp3) is 0.0476. The second-order valence-corrected chi connectivity index (χ2v) is 8.68. The summed E-state index contributed by atoms with van der Waals surface area (Å²) < 4.78 is 1.32. The van der Waals surface area contributed by atoms with Crippen LogP contribution in [0, 0.1) is 0 Å². The average molecular weight is 380 g/mol. The molecule has 2 heterocycles. The molecular formula is C21H14ClNS2. The molecule has 122 valence electrons. The van der Waals surface area contributed by atoms with E-state index in [0.717, 1.165) is 5.02 Å². The van der Waals surface area contributed by atoms with Gasteiger partial charge < -0.3 is 5.32 Å². The van der Waals surface area contributed by atoms with E-state index in [1.165, 1.54) is 36.8 Å². The summed E-state index contributed by atoms with van der Waals surface area (Å²) in [5.41, 5.74) is 3.69. The molecule has 3 aromatic carbocycles. The van der Waals surface area contributed by atoms with E-state index < -0.39 is 0 Å². The molecule has 25 heavy (non-hydrogen) atoms. The third kappa shape index (κ3) is 2.63. The number of para-hydroxylation sites is 1. The highest BCUT2D eigenvalue weighted by Gasteiger charge is 2.27. The lowest BCUT2D eigenvalue weighted by Crippen LogP contribution is -1.94. The van der Waals surface area contributed by atoms with Crippen LogP contribution in [0.25, 0.3) is 10.1 Å². The third-order valence-corrected chi connectivity index (χ3v) is 7.42. The van der Waals surface area contributed by atoms with Crippen LogP contribution in [0.5, 0.6) is 0 Å². The van der Waals surface area contributed by atoms with Crippen molar-refractivity contribution in [2.45, 2.75) is 10.1 Å². The molecule has 1 aromatic heterocycles. The fourth-order valence-electron chi connectivity index (χ4n) is 3.22. The molecule has 0 fully saturated rings. The average Bonchev–Trinajstić information content (AvgIpc) is 2.92. The fourth-order valence-corrected chi connectivity index (χ4v) is 5.98. The summed E-state index contributed by atoms with van der Waals surface area (Å²) in [5.74, 6) is 0. The topological polar surface area (TPSA) is 12.0 Å². The maximum absolute atomic E-state index is 6.11. The number of halogens is 1. The van der Waals surface area contributed by atoms with Crippen molar-refractivity contribution in [3.63, 3.8) is 0 Å². The molecule has 0 amide bonds. The second-order valence-electron chi connectivity index (χ2n) is 6.01. The van der Waals surface area contributed by atoms with E-state index in [-0.39, 0.29) is 5.25 Å². The molecule has 5 rings (SSSR count). The number of fused-ring (bicyclic) bond motifs is 4. The molecule has 1 aliphatic rings. The van der Waals surface area contributed by atoms with Crippen LogP contribution in [0.1, 0.15) is 15.7 Å². The largest absolute Gasteiger partial charge is 0.353 e. The van der Waals surface area contributed by atoms with Gasteiger partial charge >= 0.3 is 0 Å². The van der Waals surface area contributed by atoms with E-state index >= 15 is 0 Å². The van der Waals surface area contributed by atoms with Gasteiger partial charge in [-0.1, -0.05) is 54.1 Å². The first kappa shape index (κ1) is 15.3. The number of hydrogen-bond donors (Lipinski definition) is 1. The molecule has 0 spiro atoms. The van der Waals surface area contributed by atoms with Gasteiger partial charge in [0.1, 0.15) is 0 Å². The summed E-state index contributed by atoms with van der Waals surface area (Å²) >= 11 is 9.89. The Bertz CT molecular complexity index is 1070. The van der Waals surface area contributed by atoms with Gasteiger partial charge in [-0.05, 0) is 35.9 Å². The predicted octanol–water partition coefficient (Wildman–Crippen LogP) is 7.49. The minimum atomic E-state index is 0.251. The summed E-state index contributed by atoms with van der Waals surface area (Å²) in [6, 6.07) is 25.4. The van der Waals surface area contributed by atoms with Crippen LogP contribution < -0.4 is 5.32 Å². The van der Waals surface area contributed by atoms with Gasteiger partial charge in [-0.15, -0.1) is 23.1 Å². The summed E-state index contributed by atoms with van der Waals surface area (Å²) in [5, 5.41) is 6.02. The number of nitrogens with one attached hydrogen (secondary N) is 1. The molecule has 4 heteroatoms. The SMILES string of the molecule is Clc1ccc(C2Sc3ccccc3Nc3c2sc2ccccc32)cc1. The number of hydrogen-bond acceptors (Lipinski definition) is 3. The molecule has 0 aliphatic carbocycles. The van der Waals surface area contributed by atoms with Crippen LogP contribution in [0.3, 0.4) is 0 Å². The lowest BCUT2D eigenvalue weighted by molar-refractivity contribution is 1.21. The summed E-state index contributed by atoms with van der Waals surface area (Å²) in [4.78, 5) is 2.64. The first-order chi connectivity index (χ1) is 12.3. The predicted molar refractivity (Wildman–Crippen MR) is 111 cm³/mol. The minimum absolute atomic E-state index is 0.251. The summed E-state index contributed by atoms with van der Waals surface area (Å²) in [7, 11) is 0. The maximum atomic E-state index is 6.11. The Balaban J connectivity index is 1.77. The molecule has 1 N–H and O–H groups in total. The number of anilines is 2. The molecule has 4 aromatic rings. The van der Waals surface area contributed by atoms with Crippen LogP contribution in [0.4, 0.5) is 11.4 Å². The van der Waals surface area contributed by atoms with Gasteiger partial charge in [-0.25, -0.2) is 0 Å². The van der Waals surface area contributed by atoms with Crippen LogP contribution >= 0.6 is 34.7 Å². The lowest BCUT2D eigenvalue weighted by Gasteiger charge is -2.15. The van der Waals surface area contributed by atoms with E-state index in [2.05, 4.69) is 66.0 Å². The first-order valence-corrected chi connectivity index (χ1v) is 10.2. The molecule has 0 radical (unpaired) electrons. The monoisotopic (exact) mass is 379 g/mol. The van der Waals surface area contributed by atoms with E-state index in [0.29, 0.717) is 0 Å². The highest BCUT2D eigenvalue weighted by Crippen LogP contribution is 2.54. The Morgan fingerprint density at radius 1 is 0.840 bits per heavy atom. The molecule has 1 nitrogen and oxygen atoms in total. The van der Waals surface area contributed by atoms with E-state index in [1.54, 1.807) is 0 Å². The first-order valence-electron chi connectivity index (χ1n) is 8.09. The Morgan fingerprint density at radius 3 is 2.48 bits per heavy atom. The molecular weight excluding hydrogens is 366 g/mol. The standard InChI is InChI=1S/C21H14ClNS2/c22-14-11-9-13(10-12-14)20-21-19(15-5-1-3-7-17(15)24-21)23-16-6-2-4-8-18(16)25-20/h1-12,20,23H. The number of thiophene rings is 1. The molecule has 0 saturated carbocycles. The van der Waals surface area contributed by atoms with Gasteiger partial charge in [-0.3, -0.25) is 0 Å². The number of rotatable bonds is 1. The van der Waals surface area contributed by atoms with Crippen LogP contribution in [-0.4, -0.2) is 0 Å². The zero-order chi connectivity index (χ0) is 16.8. The van der Waals surface area contributed by atoms with Gasteiger partial charge in [0.25, 0.3) is 0 Å². The van der Waals surface area contributed by atoms with Crippen LogP contribution in [0.15, 0.2) is 77.7 Å². The molecule has 1 aliphatic heterocycles. The second kappa shape index (κ2) is 6.10. The smallest absolute Gasteiger partial charge is 0.0709 e. The highest BCUT2D eigenvalue weighted by atomic mass is 35.5. The summed E-state index contributed by atoms with van der Waals surface area (Å²) in [6.45, 7) is 0. The Kier molecular flexibility index (Phi) is 3.74. The molecule has 1 unspecified atom stereocenters. The quantitative estimate of drug-likeness (QED) is 0.367. The van der Waals surface area contributed by atoms with Crippen molar-refractivity contribution in [1.82, 2.24) is 0 Å². The summed E-state index contributed by atoms with van der Waals surface area (Å²) in [6.07, 6.45) is 0. The lowest BCUT2D eigenvalue weighted by atomic mass is 10.1. The third-order valence-electron chi connectivity index (χ3n) is 4.43. The highest BCUT2D eigenvalue weighted by molar-refractivity contribution is 8.00. The van der Waals surface area contributed by atoms with Crippen molar-refractivity contribution < 1.29 is 0 Å². The van der Waals surface area contributed by atoms with E-state index in [4.69, 9.17) is 11.6 Å². The van der Waals surface area contributed by atoms with Gasteiger partial charge in [0.05, 0.1) is 16.6 Å². The molecule has 0 saturated heterocycles. The van der Waals surface area contributed by atoms with Crippen LogP contribution in [-0.2, 0) is 0 Å². The number of benzene rings is 3. The van der Waals surface area contributed by atoms with E-state index in [1.807, 2.05) is 35.2 Å². The van der Waals surface area contributed by atoms with Crippen molar-refractivity contribution in [2.24, 2.45) is 0 Å². The normalized spacial score (nSPS) is 16.0. The van der Waals surface area contributed by atoms with E-state index in [9.17, 15) is 0 Å². The molecule has 1 atom stereocenters. The van der Waals surface area contributed by atoms with Crippen molar-refractivity contribution >= 4 is 56.2 Å². The van der Waals surface area contributed by atoms with Gasteiger partial charge in [0.15, 0.2) is 0 Å². The minimum Gasteiger partial charge on any atom is -0.353 e. The maximum Gasteiger partial charge on any atom is 0.0709 e. The van der Waals surface area contributed by atoms with Crippen molar-refractivity contribution in [3.05, 3.63) is 88.3 Å². The number of thioether (sulfide) groups is 1. The van der Waals surface area contributed by atoms with Gasteiger partial charge in [-0.2, -0.15) is 0 Å². The van der Waals surface area contributed by atoms with Gasteiger partial charge in [0, 0.05) is 24.9 Å². The Morgan fingerprint density at radius 2 is 1.60 bits per heavy atom. The van der Waals surface area contributed by atoms with Gasteiger partial charge in [0.2, 0.25) is 0 Å². The van der Waals surface area contributed by atoms with Crippen molar-refractivity contribution in [1.29, 1.82) is 0 Å². The zero-order valence-corrected chi connectivity index (χ0v) is 15.6. The zero-order valence-electron chi connectivity index (χ0n) is 13.2. The van der Waals surface area contributed by atoms with Crippen molar-refractivity contribution in [3.8, 4) is 0 Å². The Hall–Kier alpha value is -1.94. The Labute approximate surface area is 159 Å².